The number of carbonyl (C=O) groups excluding carboxylic acids is 2. The molecule has 1 saturated heterocycles. The molecular formula is C23H29N3O5S. The third-order valence-corrected chi connectivity index (χ3v) is 7.18. The van der Waals surface area contributed by atoms with Crippen molar-refractivity contribution < 1.29 is 22.7 Å². The Bertz CT molecular complexity index is 1070. The average molecular weight is 460 g/mol. The van der Waals surface area contributed by atoms with Crippen molar-refractivity contribution in [3.05, 3.63) is 54.1 Å². The molecule has 0 spiro atoms. The van der Waals surface area contributed by atoms with Crippen LogP contribution < -0.4 is 15.4 Å². The molecule has 2 amide bonds. The molecule has 0 unspecified atom stereocenters. The molecule has 0 radical (unpaired) electrons. The summed E-state index contributed by atoms with van der Waals surface area (Å²) in [6.45, 7) is 4.16. The fraction of sp³-hybridized carbons (Fsp3) is 0.391. The zero-order chi connectivity index (χ0) is 23.3. The van der Waals surface area contributed by atoms with E-state index in [1.54, 1.807) is 36.4 Å². The molecule has 2 N–H and O–H groups in total. The van der Waals surface area contributed by atoms with Gasteiger partial charge in [-0.25, -0.2) is 8.42 Å². The number of benzene rings is 2. The van der Waals surface area contributed by atoms with Crippen LogP contribution in [0.15, 0.2) is 53.4 Å². The highest BCUT2D eigenvalue weighted by Crippen LogP contribution is 2.26. The van der Waals surface area contributed by atoms with Gasteiger partial charge in [-0.15, -0.1) is 0 Å². The highest BCUT2D eigenvalue weighted by molar-refractivity contribution is 7.89. The fourth-order valence-electron chi connectivity index (χ4n) is 3.64. The highest BCUT2D eigenvalue weighted by Gasteiger charge is 2.33. The average Bonchev–Trinajstić information content (AvgIpc) is 2.79. The second kappa shape index (κ2) is 10.1. The Morgan fingerprint density at radius 2 is 1.78 bits per heavy atom. The van der Waals surface area contributed by atoms with Crippen LogP contribution >= 0.6 is 0 Å². The minimum Gasteiger partial charge on any atom is -0.497 e. The lowest BCUT2D eigenvalue weighted by Gasteiger charge is -2.31. The molecular weight excluding hydrogens is 430 g/mol. The molecule has 1 aliphatic rings. The molecule has 2 aromatic carbocycles. The van der Waals surface area contributed by atoms with Gasteiger partial charge in [0, 0.05) is 19.1 Å². The smallest absolute Gasteiger partial charge is 0.253 e. The minimum absolute atomic E-state index is 0.0404. The van der Waals surface area contributed by atoms with E-state index in [1.165, 1.54) is 23.5 Å². The Hall–Kier alpha value is -2.91. The van der Waals surface area contributed by atoms with Gasteiger partial charge in [-0.2, -0.15) is 4.31 Å². The molecule has 2 aromatic rings. The Kier molecular flexibility index (Phi) is 7.52. The molecule has 172 valence electrons. The van der Waals surface area contributed by atoms with Gasteiger partial charge in [-0.3, -0.25) is 9.59 Å². The molecule has 9 heteroatoms. The number of carbonyl (C=O) groups is 2. The van der Waals surface area contributed by atoms with Crippen LogP contribution in [0.25, 0.3) is 0 Å². The molecule has 1 heterocycles. The van der Waals surface area contributed by atoms with Gasteiger partial charge in [0.05, 0.1) is 29.2 Å². The first-order chi connectivity index (χ1) is 15.2. The Balaban J connectivity index is 1.73. The fourth-order valence-corrected chi connectivity index (χ4v) is 5.16. The van der Waals surface area contributed by atoms with Crippen LogP contribution in [0.3, 0.4) is 0 Å². The lowest BCUT2D eigenvalue weighted by atomic mass is 9.98. The number of methoxy groups -OCH3 is 1. The third kappa shape index (κ3) is 5.46. The predicted octanol–water partition coefficient (Wildman–Crippen LogP) is 2.87. The van der Waals surface area contributed by atoms with Gasteiger partial charge in [0.15, 0.2) is 0 Å². The van der Waals surface area contributed by atoms with E-state index in [1.807, 2.05) is 13.8 Å². The zero-order valence-corrected chi connectivity index (χ0v) is 19.3. The van der Waals surface area contributed by atoms with Crippen molar-refractivity contribution >= 4 is 27.5 Å². The molecule has 0 aliphatic carbocycles. The number of ether oxygens (including phenoxy) is 1. The van der Waals surface area contributed by atoms with Crippen LogP contribution in [0.2, 0.25) is 0 Å². The summed E-state index contributed by atoms with van der Waals surface area (Å²) >= 11 is 0. The van der Waals surface area contributed by atoms with E-state index >= 15 is 0 Å². The first-order valence-corrected chi connectivity index (χ1v) is 12.0. The summed E-state index contributed by atoms with van der Waals surface area (Å²) in [5, 5.41) is 5.64. The summed E-state index contributed by atoms with van der Waals surface area (Å²) < 4.78 is 32.6. The van der Waals surface area contributed by atoms with Gasteiger partial charge in [0.1, 0.15) is 5.75 Å². The molecule has 0 bridgehead atoms. The minimum atomic E-state index is -3.73. The van der Waals surface area contributed by atoms with Gasteiger partial charge in [0.2, 0.25) is 15.9 Å². The van der Waals surface area contributed by atoms with Crippen molar-refractivity contribution in [1.82, 2.24) is 9.62 Å². The highest BCUT2D eigenvalue weighted by atomic mass is 32.2. The van der Waals surface area contributed by atoms with E-state index < -0.39 is 15.9 Å². The number of piperidine rings is 1. The number of nitrogens with zero attached hydrogens (tertiary/aromatic N) is 1. The number of hydrogen-bond donors (Lipinski definition) is 2. The number of sulfonamides is 1. The van der Waals surface area contributed by atoms with Gasteiger partial charge in [-0.1, -0.05) is 12.1 Å². The van der Waals surface area contributed by atoms with Crippen LogP contribution in [0.5, 0.6) is 5.75 Å². The number of nitrogens with one attached hydrogen (secondary N) is 2. The van der Waals surface area contributed by atoms with Crippen molar-refractivity contribution in [3.8, 4) is 5.75 Å². The molecule has 3 rings (SSSR count). The molecule has 1 aliphatic heterocycles. The monoisotopic (exact) mass is 459 g/mol. The molecule has 8 nitrogen and oxygen atoms in total. The van der Waals surface area contributed by atoms with Gasteiger partial charge in [0.25, 0.3) is 5.91 Å². The maximum atomic E-state index is 13.1. The van der Waals surface area contributed by atoms with Crippen LogP contribution in [0, 0.1) is 5.92 Å². The van der Waals surface area contributed by atoms with Gasteiger partial charge >= 0.3 is 0 Å². The quantitative estimate of drug-likeness (QED) is 0.663. The van der Waals surface area contributed by atoms with Crippen LogP contribution in [0.4, 0.5) is 5.69 Å². The molecule has 1 atom stereocenters. The summed E-state index contributed by atoms with van der Waals surface area (Å²) in [5.41, 5.74) is 0.777. The van der Waals surface area contributed by atoms with Crippen molar-refractivity contribution in [3.63, 3.8) is 0 Å². The number of anilines is 1. The largest absolute Gasteiger partial charge is 0.497 e. The normalized spacial score (nSPS) is 17.1. The van der Waals surface area contributed by atoms with E-state index in [9.17, 15) is 18.0 Å². The van der Waals surface area contributed by atoms with E-state index in [4.69, 9.17) is 4.74 Å². The number of rotatable bonds is 7. The maximum Gasteiger partial charge on any atom is 0.253 e. The van der Waals surface area contributed by atoms with Crippen LogP contribution in [-0.2, 0) is 14.8 Å². The number of hydrogen-bond acceptors (Lipinski definition) is 5. The number of amides is 2. The lowest BCUT2D eigenvalue weighted by molar-refractivity contribution is -0.120. The zero-order valence-electron chi connectivity index (χ0n) is 18.5. The summed E-state index contributed by atoms with van der Waals surface area (Å²) in [6, 6.07) is 12.9. The lowest BCUT2D eigenvalue weighted by Crippen LogP contribution is -2.43. The Morgan fingerprint density at radius 3 is 2.44 bits per heavy atom. The van der Waals surface area contributed by atoms with Crippen molar-refractivity contribution in [1.29, 1.82) is 0 Å². The van der Waals surface area contributed by atoms with E-state index in [2.05, 4.69) is 10.6 Å². The topological polar surface area (TPSA) is 105 Å². The molecule has 0 saturated carbocycles. The third-order valence-electron chi connectivity index (χ3n) is 5.30. The molecule has 0 aromatic heterocycles. The number of para-hydroxylation sites is 1. The standard InChI is InChI=1S/C23H29N3O5S/c1-16(2)24-23(28)20-8-4-5-9-21(20)25-22(27)17-7-6-14-26(15-17)32(29,30)19-12-10-18(31-3)11-13-19/h4-5,8-13,16-17H,6-7,14-15H2,1-3H3,(H,24,28)(H,25,27)/t17-/m0/s1. The van der Waals surface area contributed by atoms with Crippen LogP contribution in [0.1, 0.15) is 37.0 Å². The predicted molar refractivity (Wildman–Crippen MR) is 122 cm³/mol. The van der Waals surface area contributed by atoms with Crippen molar-refractivity contribution in [2.24, 2.45) is 5.92 Å². The van der Waals surface area contributed by atoms with Crippen molar-refractivity contribution in [2.45, 2.75) is 37.6 Å². The maximum absolute atomic E-state index is 13.1. The first-order valence-electron chi connectivity index (χ1n) is 10.6. The summed E-state index contributed by atoms with van der Waals surface area (Å²) in [5.74, 6) is -0.523. The van der Waals surface area contributed by atoms with Crippen molar-refractivity contribution in [2.75, 3.05) is 25.5 Å². The SMILES string of the molecule is COc1ccc(S(=O)(=O)N2CCC[C@H](C(=O)Nc3ccccc3C(=O)NC(C)C)C2)cc1. The first kappa shape index (κ1) is 23.7. The second-order valence-corrected chi connectivity index (χ2v) is 9.98. The molecule has 1 fully saturated rings. The molecule has 32 heavy (non-hydrogen) atoms. The van der Waals surface area contributed by atoms with Gasteiger partial charge in [-0.05, 0) is 63.1 Å². The second-order valence-electron chi connectivity index (χ2n) is 8.04. The van der Waals surface area contributed by atoms with E-state index in [0.717, 1.165) is 0 Å². The Labute approximate surface area is 189 Å². The van der Waals surface area contributed by atoms with E-state index in [0.29, 0.717) is 36.4 Å². The van der Waals surface area contributed by atoms with Crippen LogP contribution in [-0.4, -0.2) is 50.8 Å². The van der Waals surface area contributed by atoms with Gasteiger partial charge < -0.3 is 15.4 Å². The summed E-state index contributed by atoms with van der Waals surface area (Å²) in [7, 11) is -2.21. The van der Waals surface area contributed by atoms with E-state index in [-0.39, 0.29) is 29.3 Å². The summed E-state index contributed by atoms with van der Waals surface area (Å²) in [6.07, 6.45) is 1.14. The Morgan fingerprint density at radius 1 is 1.09 bits per heavy atom. The summed E-state index contributed by atoms with van der Waals surface area (Å²) in [4.78, 5) is 25.6.